The van der Waals surface area contributed by atoms with Crippen LogP contribution in [0.4, 0.5) is 4.39 Å². The zero-order valence-electron chi connectivity index (χ0n) is 15.4. The SMILES string of the molecule is CCOC(=O)c1cn(C2CC2)c2c(OC)c(C3(O)CC3=C=O)c(F)cc2c1=O. The Hall–Kier alpha value is -2.96. The van der Waals surface area contributed by atoms with Gasteiger partial charge in [0, 0.05) is 18.7 Å². The highest BCUT2D eigenvalue weighted by Crippen LogP contribution is 2.55. The zero-order valence-corrected chi connectivity index (χ0v) is 15.4. The van der Waals surface area contributed by atoms with Crippen molar-refractivity contribution in [3.8, 4) is 5.75 Å². The molecule has 2 saturated carbocycles. The van der Waals surface area contributed by atoms with Gasteiger partial charge in [-0.2, -0.15) is 0 Å². The van der Waals surface area contributed by atoms with Gasteiger partial charge >= 0.3 is 5.97 Å². The molecule has 1 aromatic carbocycles. The fourth-order valence-corrected chi connectivity index (χ4v) is 3.60. The highest BCUT2D eigenvalue weighted by atomic mass is 19.1. The summed E-state index contributed by atoms with van der Waals surface area (Å²) in [6.45, 7) is 1.73. The average Bonchev–Trinajstić information content (AvgIpc) is 3.58. The molecule has 2 aliphatic rings. The maximum Gasteiger partial charge on any atom is 0.343 e. The number of hydrogen-bond acceptors (Lipinski definition) is 6. The van der Waals surface area contributed by atoms with E-state index in [2.05, 4.69) is 0 Å². The van der Waals surface area contributed by atoms with Crippen molar-refractivity contribution in [1.82, 2.24) is 4.57 Å². The molecule has 1 unspecified atom stereocenters. The predicted octanol–water partition coefficient (Wildman–Crippen LogP) is 2.01. The number of methoxy groups -OCH3 is 1. The second-order valence-corrected chi connectivity index (χ2v) is 7.01. The maximum atomic E-state index is 15.0. The van der Waals surface area contributed by atoms with Gasteiger partial charge < -0.3 is 19.1 Å². The number of benzene rings is 1. The molecule has 28 heavy (non-hydrogen) atoms. The van der Waals surface area contributed by atoms with Crippen LogP contribution in [0.5, 0.6) is 5.75 Å². The van der Waals surface area contributed by atoms with Crippen molar-refractivity contribution in [1.29, 1.82) is 0 Å². The number of aliphatic hydroxyl groups is 1. The first kappa shape index (κ1) is 18.4. The van der Waals surface area contributed by atoms with Crippen LogP contribution >= 0.6 is 0 Å². The minimum Gasteiger partial charge on any atom is -0.494 e. The Bertz CT molecular complexity index is 1130. The predicted molar refractivity (Wildman–Crippen MR) is 96.7 cm³/mol. The fourth-order valence-electron chi connectivity index (χ4n) is 3.60. The molecule has 146 valence electrons. The van der Waals surface area contributed by atoms with E-state index in [1.54, 1.807) is 17.4 Å². The second kappa shape index (κ2) is 6.29. The van der Waals surface area contributed by atoms with Gasteiger partial charge in [0.25, 0.3) is 0 Å². The van der Waals surface area contributed by atoms with E-state index in [4.69, 9.17) is 9.47 Å². The molecule has 4 rings (SSSR count). The minimum atomic E-state index is -1.80. The third kappa shape index (κ3) is 2.57. The number of rotatable bonds is 5. The summed E-state index contributed by atoms with van der Waals surface area (Å²) in [6.07, 6.45) is 2.99. The first-order valence-corrected chi connectivity index (χ1v) is 8.97. The summed E-state index contributed by atoms with van der Waals surface area (Å²) in [5.74, 6) is -0.0769. The molecular weight excluding hydrogens is 369 g/mol. The summed E-state index contributed by atoms with van der Waals surface area (Å²) in [5.41, 5.74) is -2.55. The van der Waals surface area contributed by atoms with Gasteiger partial charge in [-0.25, -0.2) is 14.0 Å². The molecule has 0 amide bonds. The quantitative estimate of drug-likeness (QED) is 0.623. The number of fused-ring (bicyclic) bond motifs is 1. The number of pyridine rings is 1. The summed E-state index contributed by atoms with van der Waals surface area (Å²) >= 11 is 0. The summed E-state index contributed by atoms with van der Waals surface area (Å²) in [5, 5.41) is 10.6. The van der Waals surface area contributed by atoms with Crippen LogP contribution in [0.25, 0.3) is 10.9 Å². The third-order valence-corrected chi connectivity index (χ3v) is 5.21. The lowest BCUT2D eigenvalue weighted by Crippen LogP contribution is -2.22. The largest absolute Gasteiger partial charge is 0.494 e. The van der Waals surface area contributed by atoms with Gasteiger partial charge in [-0.05, 0) is 25.8 Å². The van der Waals surface area contributed by atoms with Crippen LogP contribution in [0.1, 0.15) is 48.1 Å². The number of halogens is 1. The van der Waals surface area contributed by atoms with E-state index < -0.39 is 22.8 Å². The summed E-state index contributed by atoms with van der Waals surface area (Å²) in [6, 6.07) is 0.994. The van der Waals surface area contributed by atoms with Crippen LogP contribution in [0.3, 0.4) is 0 Å². The van der Waals surface area contributed by atoms with Gasteiger partial charge in [-0.15, -0.1) is 0 Å². The standard InChI is InChI=1S/C20H18FNO6/c1-3-28-19(25)13-8-22(11-4-5-11)16-12(17(13)24)6-14(21)15(18(16)27-2)20(26)7-10(20)9-23/h6,8,11,26H,3-5,7H2,1-2H3. The van der Waals surface area contributed by atoms with E-state index in [0.29, 0.717) is 0 Å². The highest BCUT2D eigenvalue weighted by molar-refractivity contribution is 5.96. The first-order chi connectivity index (χ1) is 13.4. The number of hydrogen-bond donors (Lipinski definition) is 1. The lowest BCUT2D eigenvalue weighted by molar-refractivity contribution is 0.0524. The molecule has 7 nitrogen and oxygen atoms in total. The molecule has 8 heteroatoms. The minimum absolute atomic E-state index is 0.0124. The number of nitrogens with zero attached hydrogens (tertiary/aromatic N) is 1. The van der Waals surface area contributed by atoms with E-state index in [1.807, 2.05) is 0 Å². The molecule has 1 atom stereocenters. The number of ether oxygens (including phenoxy) is 2. The Kier molecular flexibility index (Phi) is 4.14. The van der Waals surface area contributed by atoms with Crippen molar-refractivity contribution in [3.63, 3.8) is 0 Å². The van der Waals surface area contributed by atoms with Gasteiger partial charge in [0.15, 0.2) is 5.75 Å². The Labute approximate surface area is 159 Å². The third-order valence-electron chi connectivity index (χ3n) is 5.21. The van der Waals surface area contributed by atoms with E-state index >= 15 is 0 Å². The van der Waals surface area contributed by atoms with Crippen LogP contribution < -0.4 is 10.2 Å². The average molecular weight is 387 g/mol. The van der Waals surface area contributed by atoms with Gasteiger partial charge in [0.1, 0.15) is 22.9 Å². The van der Waals surface area contributed by atoms with Crippen LogP contribution in [0.2, 0.25) is 0 Å². The molecule has 1 aromatic heterocycles. The van der Waals surface area contributed by atoms with Crippen LogP contribution in [-0.2, 0) is 15.1 Å². The fraction of sp³-hybridized carbons (Fsp3) is 0.400. The van der Waals surface area contributed by atoms with E-state index in [-0.39, 0.29) is 52.4 Å². The highest BCUT2D eigenvalue weighted by Gasteiger charge is 2.54. The first-order valence-electron chi connectivity index (χ1n) is 8.97. The van der Waals surface area contributed by atoms with E-state index in [9.17, 15) is 23.9 Å². The van der Waals surface area contributed by atoms with Crippen molar-refractivity contribution in [2.75, 3.05) is 13.7 Å². The van der Waals surface area contributed by atoms with Crippen molar-refractivity contribution in [2.45, 2.75) is 37.8 Å². The molecule has 0 aliphatic heterocycles. The molecule has 0 bridgehead atoms. The lowest BCUT2D eigenvalue weighted by Gasteiger charge is -2.20. The van der Waals surface area contributed by atoms with Crippen LogP contribution in [-0.4, -0.2) is 35.3 Å². The molecule has 2 fully saturated rings. The molecule has 0 spiro atoms. The summed E-state index contributed by atoms with van der Waals surface area (Å²) in [7, 11) is 1.30. The number of esters is 1. The van der Waals surface area contributed by atoms with Crippen molar-refractivity contribution in [2.24, 2.45) is 0 Å². The van der Waals surface area contributed by atoms with E-state index in [1.165, 1.54) is 13.3 Å². The second-order valence-electron chi connectivity index (χ2n) is 7.01. The van der Waals surface area contributed by atoms with Crippen LogP contribution in [0.15, 0.2) is 22.6 Å². The molecule has 2 aliphatic carbocycles. The molecule has 0 radical (unpaired) electrons. The van der Waals surface area contributed by atoms with Gasteiger partial charge in [0.05, 0.1) is 35.8 Å². The normalized spacial score (nSPS) is 20.8. The molecule has 0 saturated heterocycles. The Morgan fingerprint density at radius 3 is 2.71 bits per heavy atom. The van der Waals surface area contributed by atoms with Crippen LogP contribution in [0, 0.1) is 5.82 Å². The Morgan fingerprint density at radius 2 is 2.18 bits per heavy atom. The van der Waals surface area contributed by atoms with Crippen molar-refractivity contribution < 1.29 is 28.6 Å². The van der Waals surface area contributed by atoms with Crippen molar-refractivity contribution in [3.05, 3.63) is 45.0 Å². The van der Waals surface area contributed by atoms with E-state index in [0.717, 1.165) is 18.9 Å². The summed E-state index contributed by atoms with van der Waals surface area (Å²) in [4.78, 5) is 36.1. The topological polar surface area (TPSA) is 94.8 Å². The smallest absolute Gasteiger partial charge is 0.343 e. The number of carbonyl (C=O) groups is 1. The maximum absolute atomic E-state index is 15.0. The zero-order chi connectivity index (χ0) is 20.2. The van der Waals surface area contributed by atoms with Gasteiger partial charge in [-0.1, -0.05) is 0 Å². The molecule has 2 aromatic rings. The molecular formula is C20H18FNO6. The number of carbonyl (C=O) groups excluding carboxylic acids is 2. The molecule has 1 heterocycles. The molecule has 1 N–H and O–H groups in total. The summed E-state index contributed by atoms with van der Waals surface area (Å²) < 4.78 is 27.0. The monoisotopic (exact) mass is 387 g/mol. The van der Waals surface area contributed by atoms with Gasteiger partial charge in [0.2, 0.25) is 5.43 Å². The number of aromatic nitrogens is 1. The Balaban J connectivity index is 2.08. The van der Waals surface area contributed by atoms with Crippen molar-refractivity contribution >= 4 is 22.8 Å². The van der Waals surface area contributed by atoms with Gasteiger partial charge in [-0.3, -0.25) is 4.79 Å². The Morgan fingerprint density at radius 1 is 1.46 bits per heavy atom. The lowest BCUT2D eigenvalue weighted by atomic mass is 10.00.